The van der Waals surface area contributed by atoms with E-state index in [1.54, 1.807) is 0 Å². The van der Waals surface area contributed by atoms with E-state index in [9.17, 15) is 0 Å². The first kappa shape index (κ1) is 11.5. The highest BCUT2D eigenvalue weighted by Crippen LogP contribution is 2.15. The summed E-state index contributed by atoms with van der Waals surface area (Å²) in [4.78, 5) is 0. The zero-order valence-electron chi connectivity index (χ0n) is 8.89. The number of benzene rings is 1. The summed E-state index contributed by atoms with van der Waals surface area (Å²) >= 11 is 5.82. The van der Waals surface area contributed by atoms with Gasteiger partial charge in [0.05, 0.1) is 0 Å². The quantitative estimate of drug-likeness (QED) is 0.731. The average Bonchev–Trinajstić information content (AvgIpc) is 2.19. The molecule has 1 unspecified atom stereocenters. The summed E-state index contributed by atoms with van der Waals surface area (Å²) < 4.78 is 0. The van der Waals surface area contributed by atoms with E-state index in [1.165, 1.54) is 18.4 Å². The Balaban J connectivity index is 2.43. The van der Waals surface area contributed by atoms with Crippen LogP contribution in [0.2, 0.25) is 5.02 Å². The van der Waals surface area contributed by atoms with Gasteiger partial charge in [-0.25, -0.2) is 0 Å². The minimum absolute atomic E-state index is 0.416. The molecule has 0 aliphatic carbocycles. The van der Waals surface area contributed by atoms with Crippen molar-refractivity contribution in [1.29, 1.82) is 0 Å². The first-order valence-corrected chi connectivity index (χ1v) is 5.60. The van der Waals surface area contributed by atoms with Crippen molar-refractivity contribution in [3.8, 4) is 0 Å². The number of unbranched alkanes of at least 4 members (excludes halogenated alkanes) is 1. The maximum absolute atomic E-state index is 5.82. The highest BCUT2D eigenvalue weighted by atomic mass is 35.5. The fourth-order valence-electron chi connectivity index (χ4n) is 1.36. The van der Waals surface area contributed by atoms with Crippen LogP contribution in [0.4, 0.5) is 0 Å². The van der Waals surface area contributed by atoms with Crippen molar-refractivity contribution < 1.29 is 0 Å². The van der Waals surface area contributed by atoms with Crippen molar-refractivity contribution in [3.63, 3.8) is 0 Å². The summed E-state index contributed by atoms with van der Waals surface area (Å²) in [6, 6.07) is 8.45. The van der Waals surface area contributed by atoms with E-state index in [0.29, 0.717) is 6.04 Å². The lowest BCUT2D eigenvalue weighted by atomic mass is 10.1. The largest absolute Gasteiger partial charge is 0.310 e. The highest BCUT2D eigenvalue weighted by Gasteiger charge is 2.02. The molecule has 0 aliphatic heterocycles. The molecule has 0 saturated carbocycles. The Morgan fingerprint density at radius 2 is 1.93 bits per heavy atom. The van der Waals surface area contributed by atoms with Crippen LogP contribution < -0.4 is 5.32 Å². The van der Waals surface area contributed by atoms with Gasteiger partial charge in [0.25, 0.3) is 0 Å². The van der Waals surface area contributed by atoms with E-state index in [4.69, 9.17) is 11.6 Å². The maximum Gasteiger partial charge on any atom is 0.0406 e. The number of hydrogen-bond acceptors (Lipinski definition) is 1. The SMILES string of the molecule is CCCCNC(C)c1ccc(Cl)cc1. The topological polar surface area (TPSA) is 12.0 Å². The van der Waals surface area contributed by atoms with Crippen molar-refractivity contribution in [2.45, 2.75) is 32.7 Å². The van der Waals surface area contributed by atoms with Gasteiger partial charge in [-0.3, -0.25) is 0 Å². The molecule has 14 heavy (non-hydrogen) atoms. The van der Waals surface area contributed by atoms with Gasteiger partial charge in [0, 0.05) is 11.1 Å². The van der Waals surface area contributed by atoms with Crippen molar-refractivity contribution >= 4 is 11.6 Å². The molecule has 1 rings (SSSR count). The molecule has 0 aliphatic rings. The Morgan fingerprint density at radius 1 is 1.29 bits per heavy atom. The summed E-state index contributed by atoms with van der Waals surface area (Å²) in [5.74, 6) is 0. The first-order chi connectivity index (χ1) is 6.74. The number of nitrogens with one attached hydrogen (secondary N) is 1. The first-order valence-electron chi connectivity index (χ1n) is 5.23. The van der Waals surface area contributed by atoms with Crippen LogP contribution in [0.25, 0.3) is 0 Å². The lowest BCUT2D eigenvalue weighted by molar-refractivity contribution is 0.554. The molecule has 1 N–H and O–H groups in total. The van der Waals surface area contributed by atoms with Crippen molar-refractivity contribution in [2.24, 2.45) is 0 Å². The Morgan fingerprint density at radius 3 is 2.50 bits per heavy atom. The molecule has 78 valence electrons. The predicted octanol–water partition coefficient (Wildman–Crippen LogP) is 3.79. The third-order valence-corrected chi connectivity index (χ3v) is 2.60. The molecule has 0 amide bonds. The highest BCUT2D eigenvalue weighted by molar-refractivity contribution is 6.30. The second-order valence-electron chi connectivity index (χ2n) is 3.58. The molecule has 1 atom stereocenters. The molecule has 0 spiro atoms. The standard InChI is InChI=1S/C12H18ClN/c1-3-4-9-14-10(2)11-5-7-12(13)8-6-11/h5-8,10,14H,3-4,9H2,1-2H3. The molecular formula is C12H18ClN. The molecular weight excluding hydrogens is 194 g/mol. The fraction of sp³-hybridized carbons (Fsp3) is 0.500. The van der Waals surface area contributed by atoms with Gasteiger partial charge in [0.2, 0.25) is 0 Å². The summed E-state index contributed by atoms with van der Waals surface area (Å²) in [6.45, 7) is 5.47. The molecule has 0 aromatic heterocycles. The number of rotatable bonds is 5. The molecule has 0 fully saturated rings. The Kier molecular flexibility index (Phi) is 4.99. The van der Waals surface area contributed by atoms with Gasteiger partial charge in [-0.15, -0.1) is 0 Å². The molecule has 0 saturated heterocycles. The average molecular weight is 212 g/mol. The van der Waals surface area contributed by atoms with Crippen LogP contribution in [0.5, 0.6) is 0 Å². The minimum atomic E-state index is 0.416. The predicted molar refractivity (Wildman–Crippen MR) is 62.8 cm³/mol. The van der Waals surface area contributed by atoms with Crippen molar-refractivity contribution in [2.75, 3.05) is 6.54 Å². The van der Waals surface area contributed by atoms with Crippen LogP contribution in [0, 0.1) is 0 Å². The second kappa shape index (κ2) is 6.05. The maximum atomic E-state index is 5.82. The number of hydrogen-bond donors (Lipinski definition) is 1. The zero-order valence-corrected chi connectivity index (χ0v) is 9.64. The van der Waals surface area contributed by atoms with Crippen molar-refractivity contribution in [1.82, 2.24) is 5.32 Å². The molecule has 0 bridgehead atoms. The molecule has 1 nitrogen and oxygen atoms in total. The van der Waals surface area contributed by atoms with Crippen LogP contribution in [-0.4, -0.2) is 6.54 Å². The van der Waals surface area contributed by atoms with Crippen LogP contribution >= 0.6 is 11.6 Å². The van der Waals surface area contributed by atoms with Crippen molar-refractivity contribution in [3.05, 3.63) is 34.9 Å². The van der Waals surface area contributed by atoms with E-state index in [-0.39, 0.29) is 0 Å². The zero-order chi connectivity index (χ0) is 10.4. The normalized spacial score (nSPS) is 12.8. The summed E-state index contributed by atoms with van der Waals surface area (Å²) in [5.41, 5.74) is 1.30. The van der Waals surface area contributed by atoms with Gasteiger partial charge in [0.1, 0.15) is 0 Å². The third kappa shape index (κ3) is 3.69. The van der Waals surface area contributed by atoms with Crippen LogP contribution in [0.3, 0.4) is 0 Å². The molecule has 0 radical (unpaired) electrons. The Hall–Kier alpha value is -0.530. The van der Waals surface area contributed by atoms with Gasteiger partial charge in [0.15, 0.2) is 0 Å². The van der Waals surface area contributed by atoms with Crippen LogP contribution in [0.15, 0.2) is 24.3 Å². The van der Waals surface area contributed by atoms with Crippen LogP contribution in [-0.2, 0) is 0 Å². The summed E-state index contributed by atoms with van der Waals surface area (Å²) in [6.07, 6.45) is 2.47. The van der Waals surface area contributed by atoms with Gasteiger partial charge in [-0.1, -0.05) is 37.1 Å². The van der Waals surface area contributed by atoms with Crippen LogP contribution in [0.1, 0.15) is 38.3 Å². The Bertz CT molecular complexity index is 256. The second-order valence-corrected chi connectivity index (χ2v) is 4.02. The summed E-state index contributed by atoms with van der Waals surface area (Å²) in [7, 11) is 0. The minimum Gasteiger partial charge on any atom is -0.310 e. The van der Waals surface area contributed by atoms with E-state index >= 15 is 0 Å². The van der Waals surface area contributed by atoms with Gasteiger partial charge in [-0.2, -0.15) is 0 Å². The fourth-order valence-corrected chi connectivity index (χ4v) is 1.49. The summed E-state index contributed by atoms with van der Waals surface area (Å²) in [5, 5.41) is 4.28. The molecule has 1 aromatic carbocycles. The van der Waals surface area contributed by atoms with Gasteiger partial charge < -0.3 is 5.32 Å². The van der Waals surface area contributed by atoms with E-state index < -0.39 is 0 Å². The molecule has 1 aromatic rings. The smallest absolute Gasteiger partial charge is 0.0406 e. The lowest BCUT2D eigenvalue weighted by Crippen LogP contribution is -2.19. The Labute approximate surface area is 91.5 Å². The lowest BCUT2D eigenvalue weighted by Gasteiger charge is -2.13. The molecule has 0 heterocycles. The van der Waals surface area contributed by atoms with Gasteiger partial charge >= 0.3 is 0 Å². The molecule has 2 heteroatoms. The van der Waals surface area contributed by atoms with E-state index in [2.05, 4.69) is 31.3 Å². The van der Waals surface area contributed by atoms with E-state index in [1.807, 2.05) is 12.1 Å². The monoisotopic (exact) mass is 211 g/mol. The van der Waals surface area contributed by atoms with E-state index in [0.717, 1.165) is 11.6 Å². The van der Waals surface area contributed by atoms with Gasteiger partial charge in [-0.05, 0) is 37.6 Å². The number of halogens is 1. The third-order valence-electron chi connectivity index (χ3n) is 2.35.